The lowest BCUT2D eigenvalue weighted by molar-refractivity contribution is -0.174. The van der Waals surface area contributed by atoms with Crippen LogP contribution in [0.1, 0.15) is 48.2 Å². The van der Waals surface area contributed by atoms with E-state index in [2.05, 4.69) is 30.7 Å². The van der Waals surface area contributed by atoms with E-state index in [9.17, 15) is 22.8 Å². The topological polar surface area (TPSA) is 119 Å². The standard InChI is InChI=1S/C20H23F3N8O2/c1-12(20(21,22)23)6-16(32)24-7-14-4-5-30-10-15(29-19(30)28-14)8-25-18(33)17-26-11-27-31(17)9-13-2-3-13/h4-5,10-13H,2-3,6-9H2,1H3,(H,24,32)(H,25,33). The van der Waals surface area contributed by atoms with E-state index in [1.807, 2.05) is 0 Å². The van der Waals surface area contributed by atoms with Gasteiger partial charge in [0.1, 0.15) is 6.33 Å². The average molecular weight is 464 g/mol. The van der Waals surface area contributed by atoms with Crippen molar-refractivity contribution in [1.29, 1.82) is 0 Å². The van der Waals surface area contributed by atoms with Crippen molar-refractivity contribution in [3.8, 4) is 0 Å². The lowest BCUT2D eigenvalue weighted by Crippen LogP contribution is -2.30. The Kier molecular flexibility index (Phi) is 6.29. The van der Waals surface area contributed by atoms with E-state index in [4.69, 9.17) is 0 Å². The monoisotopic (exact) mass is 464 g/mol. The van der Waals surface area contributed by atoms with E-state index < -0.39 is 24.4 Å². The molecule has 0 spiro atoms. The summed E-state index contributed by atoms with van der Waals surface area (Å²) < 4.78 is 41.0. The van der Waals surface area contributed by atoms with E-state index in [-0.39, 0.29) is 24.8 Å². The number of rotatable bonds is 9. The molecule has 176 valence electrons. The molecule has 1 aliphatic rings. The highest BCUT2D eigenvalue weighted by Crippen LogP contribution is 2.30. The minimum Gasteiger partial charge on any atom is -0.350 e. The fraction of sp³-hybridized carbons (Fsp3) is 0.500. The number of hydrogen-bond donors (Lipinski definition) is 2. The van der Waals surface area contributed by atoms with Gasteiger partial charge in [-0.1, -0.05) is 6.92 Å². The first-order valence-corrected chi connectivity index (χ1v) is 10.5. The Bertz CT molecular complexity index is 1150. The van der Waals surface area contributed by atoms with Gasteiger partial charge in [0.2, 0.25) is 17.5 Å². The first-order chi connectivity index (χ1) is 15.7. The summed E-state index contributed by atoms with van der Waals surface area (Å²) >= 11 is 0. The number of nitrogens with one attached hydrogen (secondary N) is 2. The van der Waals surface area contributed by atoms with Crippen LogP contribution in [0.2, 0.25) is 0 Å². The number of nitrogens with zero attached hydrogens (tertiary/aromatic N) is 6. The summed E-state index contributed by atoms with van der Waals surface area (Å²) in [6.07, 6.45) is 1.94. The van der Waals surface area contributed by atoms with Crippen molar-refractivity contribution in [3.63, 3.8) is 0 Å². The van der Waals surface area contributed by atoms with Gasteiger partial charge in [0.25, 0.3) is 5.91 Å². The van der Waals surface area contributed by atoms with Crippen LogP contribution < -0.4 is 10.6 Å². The van der Waals surface area contributed by atoms with Crippen LogP contribution in [0.3, 0.4) is 0 Å². The second kappa shape index (κ2) is 9.16. The Morgan fingerprint density at radius 1 is 1.18 bits per heavy atom. The van der Waals surface area contributed by atoms with Crippen molar-refractivity contribution in [1.82, 2.24) is 39.8 Å². The van der Waals surface area contributed by atoms with Crippen LogP contribution >= 0.6 is 0 Å². The number of amides is 2. The van der Waals surface area contributed by atoms with E-state index in [1.165, 1.54) is 6.33 Å². The smallest absolute Gasteiger partial charge is 0.350 e. The lowest BCUT2D eigenvalue weighted by Gasteiger charge is -2.14. The summed E-state index contributed by atoms with van der Waals surface area (Å²) in [6.45, 7) is 1.77. The Hall–Kier alpha value is -3.51. The highest BCUT2D eigenvalue weighted by molar-refractivity contribution is 5.90. The summed E-state index contributed by atoms with van der Waals surface area (Å²) in [4.78, 5) is 36.9. The third kappa shape index (κ3) is 5.84. The minimum atomic E-state index is -4.41. The zero-order valence-electron chi connectivity index (χ0n) is 17.8. The Morgan fingerprint density at radius 3 is 2.64 bits per heavy atom. The average Bonchev–Trinajstić information content (AvgIpc) is 3.29. The third-order valence-electron chi connectivity index (χ3n) is 5.33. The van der Waals surface area contributed by atoms with Gasteiger partial charge in [0.05, 0.1) is 30.4 Å². The molecule has 33 heavy (non-hydrogen) atoms. The molecule has 3 aromatic heterocycles. The lowest BCUT2D eigenvalue weighted by atomic mass is 10.1. The van der Waals surface area contributed by atoms with Crippen LogP contribution in [0.15, 0.2) is 24.8 Å². The maximum Gasteiger partial charge on any atom is 0.392 e. The van der Waals surface area contributed by atoms with E-state index in [0.29, 0.717) is 29.6 Å². The molecule has 3 aromatic rings. The van der Waals surface area contributed by atoms with Gasteiger partial charge in [-0.05, 0) is 24.8 Å². The Morgan fingerprint density at radius 2 is 1.91 bits per heavy atom. The molecule has 1 atom stereocenters. The SMILES string of the molecule is CC(CC(=O)NCc1ccn2cc(CNC(=O)c3ncnn3CC3CC3)nc2n1)C(F)(F)F. The number of alkyl halides is 3. The van der Waals surface area contributed by atoms with Gasteiger partial charge in [-0.3, -0.25) is 14.0 Å². The fourth-order valence-corrected chi connectivity index (χ4v) is 3.17. The van der Waals surface area contributed by atoms with Gasteiger partial charge in [-0.25, -0.2) is 19.6 Å². The molecule has 1 aliphatic carbocycles. The van der Waals surface area contributed by atoms with Crippen LogP contribution in [-0.4, -0.2) is 47.1 Å². The molecule has 2 N–H and O–H groups in total. The summed E-state index contributed by atoms with van der Waals surface area (Å²) in [5, 5.41) is 9.31. The van der Waals surface area contributed by atoms with Gasteiger partial charge >= 0.3 is 6.18 Å². The number of halogens is 3. The van der Waals surface area contributed by atoms with Crippen molar-refractivity contribution in [2.75, 3.05) is 0 Å². The Balaban J connectivity index is 1.32. The van der Waals surface area contributed by atoms with E-state index >= 15 is 0 Å². The van der Waals surface area contributed by atoms with Crippen LogP contribution in [0.4, 0.5) is 13.2 Å². The normalized spacial score (nSPS) is 14.9. The van der Waals surface area contributed by atoms with Gasteiger partial charge in [0, 0.05) is 25.4 Å². The minimum absolute atomic E-state index is 0.0184. The van der Waals surface area contributed by atoms with Gasteiger partial charge in [0.15, 0.2) is 0 Å². The van der Waals surface area contributed by atoms with E-state index in [0.717, 1.165) is 19.8 Å². The second-order valence-electron chi connectivity index (χ2n) is 8.17. The van der Waals surface area contributed by atoms with E-state index in [1.54, 1.807) is 27.5 Å². The Labute approximate surface area is 186 Å². The second-order valence-corrected chi connectivity index (χ2v) is 8.17. The molecule has 0 saturated heterocycles. The summed E-state index contributed by atoms with van der Waals surface area (Å²) in [6, 6.07) is 1.63. The number of carbonyl (C=O) groups is 2. The number of aromatic nitrogens is 6. The van der Waals surface area contributed by atoms with Crippen LogP contribution in [0.25, 0.3) is 5.78 Å². The molecule has 1 saturated carbocycles. The molecule has 0 bridgehead atoms. The summed E-state index contributed by atoms with van der Waals surface area (Å²) in [5.41, 5.74) is 1.01. The number of hydrogen-bond acceptors (Lipinski definition) is 6. The van der Waals surface area contributed by atoms with Gasteiger partial charge < -0.3 is 10.6 Å². The molecule has 3 heterocycles. The highest BCUT2D eigenvalue weighted by Gasteiger charge is 2.37. The predicted molar refractivity (Wildman–Crippen MR) is 109 cm³/mol. The van der Waals surface area contributed by atoms with Gasteiger partial charge in [-0.2, -0.15) is 18.3 Å². The molecule has 1 unspecified atom stereocenters. The zero-order chi connectivity index (χ0) is 23.6. The predicted octanol–water partition coefficient (Wildman–Crippen LogP) is 1.87. The maximum atomic E-state index is 12.6. The summed E-state index contributed by atoms with van der Waals surface area (Å²) in [7, 11) is 0. The van der Waals surface area contributed by atoms with Crippen molar-refractivity contribution >= 4 is 17.6 Å². The molecular formula is C20H23F3N8O2. The fourth-order valence-electron chi connectivity index (χ4n) is 3.17. The third-order valence-corrected chi connectivity index (χ3v) is 5.33. The molecule has 4 rings (SSSR count). The summed E-state index contributed by atoms with van der Waals surface area (Å²) in [5.74, 6) is -1.64. The first-order valence-electron chi connectivity index (χ1n) is 10.5. The molecule has 1 fully saturated rings. The zero-order valence-corrected chi connectivity index (χ0v) is 17.8. The molecular weight excluding hydrogens is 441 g/mol. The molecule has 2 amide bonds. The van der Waals surface area contributed by atoms with Crippen molar-refractivity contribution in [2.45, 2.75) is 52.0 Å². The highest BCUT2D eigenvalue weighted by atomic mass is 19.4. The molecule has 13 heteroatoms. The largest absolute Gasteiger partial charge is 0.392 e. The maximum absolute atomic E-state index is 12.6. The molecule has 0 radical (unpaired) electrons. The number of fused-ring (bicyclic) bond motifs is 1. The number of carbonyl (C=O) groups excluding carboxylic acids is 2. The van der Waals surface area contributed by atoms with Crippen LogP contribution in [0, 0.1) is 11.8 Å². The molecule has 10 nitrogen and oxygen atoms in total. The van der Waals surface area contributed by atoms with Crippen molar-refractivity contribution in [3.05, 3.63) is 42.0 Å². The van der Waals surface area contributed by atoms with Crippen LogP contribution in [0.5, 0.6) is 0 Å². The van der Waals surface area contributed by atoms with Crippen molar-refractivity contribution < 1.29 is 22.8 Å². The van der Waals surface area contributed by atoms with Crippen molar-refractivity contribution in [2.24, 2.45) is 11.8 Å². The quantitative estimate of drug-likeness (QED) is 0.499. The van der Waals surface area contributed by atoms with Crippen LogP contribution in [-0.2, 0) is 24.4 Å². The van der Waals surface area contributed by atoms with Gasteiger partial charge in [-0.15, -0.1) is 0 Å². The molecule has 0 aromatic carbocycles. The number of imidazole rings is 1. The molecule has 0 aliphatic heterocycles. The first kappa shape index (κ1) is 22.7.